The number of nitrogens with one attached hydrogen (secondary N) is 1. The Balaban J connectivity index is 1.89. The smallest absolute Gasteiger partial charge is 0.244 e. The Labute approximate surface area is 231 Å². The number of hydrogen-bond donors (Lipinski definition) is 1. The van der Waals surface area contributed by atoms with Crippen LogP contribution in [-0.4, -0.2) is 50.0 Å². The molecule has 0 aromatic heterocycles. The number of sulfonamides is 1. The van der Waals surface area contributed by atoms with Gasteiger partial charge in [0.2, 0.25) is 21.8 Å². The zero-order valence-corrected chi connectivity index (χ0v) is 24.1. The lowest BCUT2D eigenvalue weighted by molar-refractivity contribution is -0.139. The molecule has 7 nitrogen and oxygen atoms in total. The summed E-state index contributed by atoms with van der Waals surface area (Å²) in [5.41, 5.74) is 0.969. The normalized spacial score (nSPS) is 15.2. The minimum Gasteiger partial charge on any atom is -0.352 e. The van der Waals surface area contributed by atoms with Gasteiger partial charge in [-0.05, 0) is 55.7 Å². The zero-order chi connectivity index (χ0) is 26.5. The highest BCUT2D eigenvalue weighted by atomic mass is 79.9. The first-order chi connectivity index (χ1) is 16.9. The van der Waals surface area contributed by atoms with Crippen LogP contribution in [0.15, 0.2) is 46.9 Å². The Hall–Kier alpha value is -1.81. The second kappa shape index (κ2) is 12.6. The Morgan fingerprint density at radius 1 is 1.08 bits per heavy atom. The molecule has 2 aromatic rings. The third-order valence-electron chi connectivity index (χ3n) is 6.18. The van der Waals surface area contributed by atoms with Crippen molar-refractivity contribution in [2.24, 2.45) is 0 Å². The van der Waals surface area contributed by atoms with Crippen LogP contribution in [0.5, 0.6) is 0 Å². The van der Waals surface area contributed by atoms with Crippen LogP contribution in [0.4, 0.5) is 5.69 Å². The summed E-state index contributed by atoms with van der Waals surface area (Å²) in [6.45, 7) is 1.28. The van der Waals surface area contributed by atoms with Gasteiger partial charge in [-0.3, -0.25) is 13.9 Å². The fraction of sp³-hybridized carbons (Fsp3) is 0.440. The molecule has 0 radical (unpaired) electrons. The Morgan fingerprint density at radius 3 is 2.31 bits per heavy atom. The van der Waals surface area contributed by atoms with Crippen molar-refractivity contribution in [1.29, 1.82) is 0 Å². The van der Waals surface area contributed by atoms with E-state index in [9.17, 15) is 18.0 Å². The number of carbonyl (C=O) groups excluding carboxylic acids is 2. The van der Waals surface area contributed by atoms with Crippen LogP contribution >= 0.6 is 39.1 Å². The highest BCUT2D eigenvalue weighted by Gasteiger charge is 2.31. The van der Waals surface area contributed by atoms with E-state index in [1.165, 1.54) is 23.1 Å². The third kappa shape index (κ3) is 8.10. The molecule has 0 saturated heterocycles. The lowest BCUT2D eigenvalue weighted by Gasteiger charge is -2.33. The van der Waals surface area contributed by atoms with E-state index in [1.807, 2.05) is 24.3 Å². The number of benzene rings is 2. The second-order valence-electron chi connectivity index (χ2n) is 9.07. The first kappa shape index (κ1) is 28.8. The van der Waals surface area contributed by atoms with Crippen LogP contribution in [0.3, 0.4) is 0 Å². The van der Waals surface area contributed by atoms with Gasteiger partial charge in [-0.2, -0.15) is 0 Å². The number of rotatable bonds is 9. The van der Waals surface area contributed by atoms with Crippen molar-refractivity contribution in [3.8, 4) is 0 Å². The van der Waals surface area contributed by atoms with E-state index in [-0.39, 0.29) is 34.2 Å². The number of hydrogen-bond acceptors (Lipinski definition) is 4. The molecule has 0 aliphatic heterocycles. The maximum absolute atomic E-state index is 13.6. The van der Waals surface area contributed by atoms with Gasteiger partial charge in [0.1, 0.15) is 12.6 Å². The molecule has 1 atom stereocenters. The summed E-state index contributed by atoms with van der Waals surface area (Å²) < 4.78 is 27.1. The predicted molar refractivity (Wildman–Crippen MR) is 148 cm³/mol. The molecule has 2 amide bonds. The van der Waals surface area contributed by atoms with Crippen molar-refractivity contribution in [2.45, 2.75) is 57.7 Å². The molecule has 1 aliphatic carbocycles. The molecule has 0 heterocycles. The van der Waals surface area contributed by atoms with Gasteiger partial charge in [-0.1, -0.05) is 70.5 Å². The topological polar surface area (TPSA) is 86.8 Å². The van der Waals surface area contributed by atoms with Gasteiger partial charge in [0, 0.05) is 27.1 Å². The zero-order valence-electron chi connectivity index (χ0n) is 20.2. The number of halogens is 3. The minimum atomic E-state index is -3.87. The van der Waals surface area contributed by atoms with Crippen LogP contribution in [0.1, 0.15) is 44.6 Å². The summed E-state index contributed by atoms with van der Waals surface area (Å²) in [6, 6.07) is 11.0. The SMILES string of the molecule is C[C@@H](C(=O)NC1CCCCC1)N(Cc1cccc(Br)c1)C(=O)CN(c1cc(Cl)cc(Cl)c1)S(C)(=O)=O. The molecule has 2 aromatic carbocycles. The molecule has 3 rings (SSSR count). The van der Waals surface area contributed by atoms with Crippen LogP contribution in [0.25, 0.3) is 0 Å². The Morgan fingerprint density at radius 2 is 1.72 bits per heavy atom. The van der Waals surface area contributed by atoms with Gasteiger partial charge in [0.25, 0.3) is 0 Å². The molecule has 1 aliphatic rings. The monoisotopic (exact) mass is 617 g/mol. The highest BCUT2D eigenvalue weighted by molar-refractivity contribution is 9.10. The first-order valence-corrected chi connectivity index (χ1v) is 15.1. The van der Waals surface area contributed by atoms with E-state index in [1.54, 1.807) is 6.92 Å². The highest BCUT2D eigenvalue weighted by Crippen LogP contribution is 2.27. The van der Waals surface area contributed by atoms with Gasteiger partial charge >= 0.3 is 0 Å². The quantitative estimate of drug-likeness (QED) is 0.408. The van der Waals surface area contributed by atoms with E-state index >= 15 is 0 Å². The average Bonchev–Trinajstić information content (AvgIpc) is 2.79. The maximum Gasteiger partial charge on any atom is 0.244 e. The second-order valence-corrected chi connectivity index (χ2v) is 12.8. The van der Waals surface area contributed by atoms with Crippen LogP contribution in [0.2, 0.25) is 10.0 Å². The number of nitrogens with zero attached hydrogens (tertiary/aromatic N) is 2. The van der Waals surface area contributed by atoms with Gasteiger partial charge < -0.3 is 10.2 Å². The number of anilines is 1. The van der Waals surface area contributed by atoms with Crippen molar-refractivity contribution in [3.63, 3.8) is 0 Å². The summed E-state index contributed by atoms with van der Waals surface area (Å²) in [6.07, 6.45) is 6.11. The summed E-state index contributed by atoms with van der Waals surface area (Å²) >= 11 is 15.6. The van der Waals surface area contributed by atoms with E-state index in [2.05, 4.69) is 21.2 Å². The summed E-state index contributed by atoms with van der Waals surface area (Å²) in [5.74, 6) is -0.787. The lowest BCUT2D eigenvalue weighted by Crippen LogP contribution is -2.52. The maximum atomic E-state index is 13.6. The molecule has 0 unspecified atom stereocenters. The fourth-order valence-electron chi connectivity index (χ4n) is 4.28. The van der Waals surface area contributed by atoms with E-state index < -0.39 is 28.5 Å². The van der Waals surface area contributed by atoms with E-state index in [0.29, 0.717) is 0 Å². The average molecular weight is 619 g/mol. The minimum absolute atomic E-state index is 0.0812. The fourth-order valence-corrected chi connectivity index (χ4v) is 6.07. The van der Waals surface area contributed by atoms with Crippen molar-refractivity contribution >= 4 is 66.7 Å². The molecular formula is C25H30BrCl2N3O4S. The first-order valence-electron chi connectivity index (χ1n) is 11.7. The van der Waals surface area contributed by atoms with Crippen molar-refractivity contribution < 1.29 is 18.0 Å². The van der Waals surface area contributed by atoms with Crippen molar-refractivity contribution in [1.82, 2.24) is 10.2 Å². The summed E-state index contributed by atoms with van der Waals surface area (Å²) in [5, 5.41) is 3.55. The molecule has 36 heavy (non-hydrogen) atoms. The van der Waals surface area contributed by atoms with Crippen molar-refractivity contribution in [3.05, 3.63) is 62.5 Å². The standard InChI is InChI=1S/C25H30BrCl2N3O4S/c1-17(25(33)29-22-9-4-3-5-10-22)30(15-18-7-6-8-19(26)11-18)24(32)16-31(36(2,34)35)23-13-20(27)12-21(28)14-23/h6-8,11-14,17,22H,3-5,9-10,15-16H2,1-2H3,(H,29,33)/t17-/m0/s1. The third-order valence-corrected chi connectivity index (χ3v) is 8.25. The van der Waals surface area contributed by atoms with Gasteiger partial charge in [0.15, 0.2) is 0 Å². The molecule has 1 fully saturated rings. The molecule has 196 valence electrons. The summed E-state index contributed by atoms with van der Waals surface area (Å²) in [4.78, 5) is 28.2. The lowest BCUT2D eigenvalue weighted by atomic mass is 9.95. The summed E-state index contributed by atoms with van der Waals surface area (Å²) in [7, 11) is -3.87. The number of amides is 2. The largest absolute Gasteiger partial charge is 0.352 e. The van der Waals surface area contributed by atoms with E-state index in [4.69, 9.17) is 23.2 Å². The van der Waals surface area contributed by atoms with Crippen LogP contribution < -0.4 is 9.62 Å². The van der Waals surface area contributed by atoms with Gasteiger partial charge in [0.05, 0.1) is 11.9 Å². The van der Waals surface area contributed by atoms with Crippen molar-refractivity contribution in [2.75, 3.05) is 17.1 Å². The Kier molecular flexibility index (Phi) is 10.1. The van der Waals surface area contributed by atoms with Gasteiger partial charge in [-0.25, -0.2) is 8.42 Å². The van der Waals surface area contributed by atoms with Crippen LogP contribution in [-0.2, 0) is 26.2 Å². The molecular weight excluding hydrogens is 589 g/mol. The predicted octanol–water partition coefficient (Wildman–Crippen LogP) is 5.39. The number of carbonyl (C=O) groups is 2. The molecule has 0 bridgehead atoms. The molecule has 1 saturated carbocycles. The Bertz CT molecular complexity index is 1190. The molecule has 11 heteroatoms. The van der Waals surface area contributed by atoms with Crippen LogP contribution in [0, 0.1) is 0 Å². The van der Waals surface area contributed by atoms with E-state index in [0.717, 1.165) is 52.7 Å². The van der Waals surface area contributed by atoms with Gasteiger partial charge in [-0.15, -0.1) is 0 Å². The molecule has 1 N–H and O–H groups in total. The molecule has 0 spiro atoms.